The fourth-order valence-corrected chi connectivity index (χ4v) is 3.34. The third kappa shape index (κ3) is 2.68. The normalized spacial score (nSPS) is 16.0. The lowest BCUT2D eigenvalue weighted by Gasteiger charge is -2.49. The molecule has 0 unspecified atom stereocenters. The van der Waals surface area contributed by atoms with Crippen molar-refractivity contribution < 1.29 is 9.59 Å². The number of nitrogens with two attached hydrogens (primary N) is 1. The minimum atomic E-state index is -0.785. The van der Waals surface area contributed by atoms with E-state index >= 15 is 0 Å². The fraction of sp³-hybridized carbons (Fsp3) is 0.389. The van der Waals surface area contributed by atoms with Gasteiger partial charge in [-0.05, 0) is 22.6 Å². The fourth-order valence-electron chi connectivity index (χ4n) is 3.34. The molecule has 6 heteroatoms. The molecule has 3 N–H and O–H groups in total. The number of benzene rings is 1. The van der Waals surface area contributed by atoms with Crippen molar-refractivity contribution in [3.8, 4) is 0 Å². The molecular formula is C18H22N4O2. The van der Waals surface area contributed by atoms with Crippen molar-refractivity contribution in [3.63, 3.8) is 0 Å². The lowest BCUT2D eigenvalue weighted by atomic mass is 9.70. The predicted molar refractivity (Wildman–Crippen MR) is 90.3 cm³/mol. The van der Waals surface area contributed by atoms with Crippen LogP contribution in [-0.4, -0.2) is 40.0 Å². The summed E-state index contributed by atoms with van der Waals surface area (Å²) in [7, 11) is 0. The maximum atomic E-state index is 12.4. The summed E-state index contributed by atoms with van der Waals surface area (Å²) in [5, 5.41) is 6.54. The summed E-state index contributed by atoms with van der Waals surface area (Å²) in [5.41, 5.74) is 7.84. The summed E-state index contributed by atoms with van der Waals surface area (Å²) in [5.74, 6) is -0.105. The SMILES string of the molecule is CC(C)c1ccccc1C1(C(N)=O)CN(C(=O)Cc2cn[nH]c2)C1. The van der Waals surface area contributed by atoms with Crippen molar-refractivity contribution in [2.24, 2.45) is 5.73 Å². The second kappa shape index (κ2) is 6.11. The average Bonchev–Trinajstić information content (AvgIpc) is 2.99. The van der Waals surface area contributed by atoms with Crippen LogP contribution < -0.4 is 5.73 Å². The van der Waals surface area contributed by atoms with Gasteiger partial charge >= 0.3 is 0 Å². The maximum Gasteiger partial charge on any atom is 0.231 e. The standard InChI is InChI=1S/C18H22N4O2/c1-12(2)14-5-3-4-6-15(14)18(17(19)24)10-22(11-18)16(23)7-13-8-20-21-9-13/h3-6,8-9,12H,7,10-11H2,1-2H3,(H2,19,24)(H,20,21). The number of aromatic nitrogens is 2. The number of likely N-dealkylation sites (tertiary alicyclic amines) is 1. The van der Waals surface area contributed by atoms with Crippen LogP contribution in [0.3, 0.4) is 0 Å². The number of hydrogen-bond donors (Lipinski definition) is 2. The van der Waals surface area contributed by atoms with Gasteiger partial charge in [0.2, 0.25) is 11.8 Å². The molecule has 0 atom stereocenters. The average molecular weight is 326 g/mol. The number of hydrogen-bond acceptors (Lipinski definition) is 3. The molecular weight excluding hydrogens is 304 g/mol. The Bertz CT molecular complexity index is 746. The highest BCUT2D eigenvalue weighted by Crippen LogP contribution is 2.38. The lowest BCUT2D eigenvalue weighted by molar-refractivity contribution is -0.144. The van der Waals surface area contributed by atoms with Gasteiger partial charge in [0.25, 0.3) is 0 Å². The third-order valence-electron chi connectivity index (χ3n) is 4.75. The predicted octanol–water partition coefficient (Wildman–Crippen LogP) is 1.34. The number of carbonyl (C=O) groups excluding carboxylic acids is 2. The summed E-state index contributed by atoms with van der Waals surface area (Å²) >= 11 is 0. The zero-order chi connectivity index (χ0) is 17.3. The highest BCUT2D eigenvalue weighted by molar-refractivity contribution is 5.92. The Morgan fingerprint density at radius 3 is 2.62 bits per heavy atom. The molecule has 1 aliphatic heterocycles. The van der Waals surface area contributed by atoms with Gasteiger partial charge in [0, 0.05) is 19.3 Å². The Morgan fingerprint density at radius 1 is 1.33 bits per heavy atom. The Kier molecular flexibility index (Phi) is 4.13. The molecule has 2 heterocycles. The summed E-state index contributed by atoms with van der Waals surface area (Å²) in [6.45, 7) is 4.85. The van der Waals surface area contributed by atoms with Crippen LogP contribution in [0.5, 0.6) is 0 Å². The van der Waals surface area contributed by atoms with E-state index in [1.54, 1.807) is 17.3 Å². The van der Waals surface area contributed by atoms with Crippen LogP contribution in [0.15, 0.2) is 36.7 Å². The minimum absolute atomic E-state index is 0.0182. The van der Waals surface area contributed by atoms with E-state index in [4.69, 9.17) is 5.73 Å². The first-order valence-corrected chi connectivity index (χ1v) is 8.09. The van der Waals surface area contributed by atoms with Crippen molar-refractivity contribution in [1.82, 2.24) is 15.1 Å². The van der Waals surface area contributed by atoms with E-state index in [2.05, 4.69) is 24.0 Å². The van der Waals surface area contributed by atoms with Crippen LogP contribution in [0.1, 0.15) is 36.5 Å². The van der Waals surface area contributed by atoms with E-state index in [9.17, 15) is 9.59 Å². The Balaban J connectivity index is 1.81. The molecule has 1 saturated heterocycles. The number of rotatable bonds is 5. The van der Waals surface area contributed by atoms with Gasteiger partial charge in [-0.15, -0.1) is 0 Å². The molecule has 24 heavy (non-hydrogen) atoms. The molecule has 0 bridgehead atoms. The van der Waals surface area contributed by atoms with Crippen molar-refractivity contribution in [2.45, 2.75) is 31.6 Å². The minimum Gasteiger partial charge on any atom is -0.369 e. The van der Waals surface area contributed by atoms with E-state index in [0.29, 0.717) is 13.1 Å². The smallest absolute Gasteiger partial charge is 0.231 e. The molecule has 126 valence electrons. The first-order chi connectivity index (χ1) is 11.4. The van der Waals surface area contributed by atoms with Crippen LogP contribution in [0.2, 0.25) is 0 Å². The molecule has 2 amide bonds. The number of primary amides is 1. The molecule has 0 saturated carbocycles. The monoisotopic (exact) mass is 326 g/mol. The van der Waals surface area contributed by atoms with Gasteiger partial charge in [0.1, 0.15) is 5.41 Å². The van der Waals surface area contributed by atoms with Crippen molar-refractivity contribution in [2.75, 3.05) is 13.1 Å². The van der Waals surface area contributed by atoms with Gasteiger partial charge in [-0.2, -0.15) is 5.10 Å². The largest absolute Gasteiger partial charge is 0.369 e. The molecule has 2 aromatic rings. The maximum absolute atomic E-state index is 12.4. The van der Waals surface area contributed by atoms with Crippen molar-refractivity contribution >= 4 is 11.8 Å². The molecule has 6 nitrogen and oxygen atoms in total. The van der Waals surface area contributed by atoms with Crippen LogP contribution >= 0.6 is 0 Å². The lowest BCUT2D eigenvalue weighted by Crippen LogP contribution is -2.67. The molecule has 1 aliphatic rings. The number of aromatic amines is 1. The quantitative estimate of drug-likeness (QED) is 0.868. The van der Waals surface area contributed by atoms with Crippen molar-refractivity contribution in [1.29, 1.82) is 0 Å². The van der Waals surface area contributed by atoms with Crippen LogP contribution in [0, 0.1) is 0 Å². The molecule has 0 aliphatic carbocycles. The first kappa shape index (κ1) is 16.2. The molecule has 0 radical (unpaired) electrons. The Morgan fingerprint density at radius 2 is 2.04 bits per heavy atom. The molecule has 3 rings (SSSR count). The van der Waals surface area contributed by atoms with E-state index in [1.165, 1.54) is 0 Å². The van der Waals surface area contributed by atoms with Gasteiger partial charge in [-0.1, -0.05) is 38.1 Å². The van der Waals surface area contributed by atoms with Crippen LogP contribution in [0.25, 0.3) is 0 Å². The Hall–Kier alpha value is -2.63. The van der Waals surface area contributed by atoms with E-state index < -0.39 is 5.41 Å². The number of nitrogens with one attached hydrogen (secondary N) is 1. The highest BCUT2D eigenvalue weighted by Gasteiger charge is 2.52. The summed E-state index contributed by atoms with van der Waals surface area (Å²) in [6.07, 6.45) is 3.61. The van der Waals surface area contributed by atoms with Gasteiger partial charge in [-0.25, -0.2) is 0 Å². The Labute approximate surface area is 141 Å². The van der Waals surface area contributed by atoms with Crippen LogP contribution in [0.4, 0.5) is 0 Å². The zero-order valence-electron chi connectivity index (χ0n) is 14.0. The second-order valence-corrected chi connectivity index (χ2v) is 6.72. The van der Waals surface area contributed by atoms with E-state index in [0.717, 1.165) is 16.7 Å². The summed E-state index contributed by atoms with van der Waals surface area (Å²) < 4.78 is 0. The van der Waals surface area contributed by atoms with Crippen molar-refractivity contribution in [3.05, 3.63) is 53.3 Å². The van der Waals surface area contributed by atoms with Gasteiger partial charge in [-0.3, -0.25) is 14.7 Å². The summed E-state index contributed by atoms with van der Waals surface area (Å²) in [4.78, 5) is 26.3. The van der Waals surface area contributed by atoms with Gasteiger partial charge in [0.05, 0.1) is 12.6 Å². The molecule has 0 spiro atoms. The molecule has 1 aromatic heterocycles. The zero-order valence-corrected chi connectivity index (χ0v) is 14.0. The van der Waals surface area contributed by atoms with Gasteiger partial charge < -0.3 is 10.6 Å². The third-order valence-corrected chi connectivity index (χ3v) is 4.75. The van der Waals surface area contributed by atoms with Crippen LogP contribution in [-0.2, 0) is 21.4 Å². The number of amides is 2. The topological polar surface area (TPSA) is 92.1 Å². The number of nitrogens with zero attached hydrogens (tertiary/aromatic N) is 2. The van der Waals surface area contributed by atoms with E-state index in [1.807, 2.05) is 24.3 Å². The van der Waals surface area contributed by atoms with Gasteiger partial charge in [0.15, 0.2) is 0 Å². The molecule has 1 aromatic carbocycles. The highest BCUT2D eigenvalue weighted by atomic mass is 16.2. The number of H-pyrrole nitrogens is 1. The van der Waals surface area contributed by atoms with E-state index in [-0.39, 0.29) is 24.2 Å². The summed E-state index contributed by atoms with van der Waals surface area (Å²) in [6, 6.07) is 7.87. The number of carbonyl (C=O) groups is 2. The second-order valence-electron chi connectivity index (χ2n) is 6.72. The first-order valence-electron chi connectivity index (χ1n) is 8.09. The molecule has 1 fully saturated rings.